The van der Waals surface area contributed by atoms with Gasteiger partial charge in [-0.05, 0) is 12.1 Å². The minimum absolute atomic E-state index is 0.0452. The molecule has 1 rings (SSSR count). The standard InChI is InChI=1S/C11H11N3O2/c1-14(9-6-4-3-5-7-9)10(13-8-12)11(15)16-2/h3-7H,1-2H3. The fraction of sp³-hybridized carbons (Fsp3) is 0.182. The number of nitriles is 1. The van der Waals surface area contributed by atoms with E-state index in [0.717, 1.165) is 5.69 Å². The molecule has 0 spiro atoms. The van der Waals surface area contributed by atoms with Gasteiger partial charge in [-0.1, -0.05) is 18.2 Å². The lowest BCUT2D eigenvalue weighted by Crippen LogP contribution is -2.34. The zero-order valence-corrected chi connectivity index (χ0v) is 9.04. The minimum Gasteiger partial charge on any atom is -0.463 e. The second-order valence-electron chi connectivity index (χ2n) is 2.92. The van der Waals surface area contributed by atoms with E-state index >= 15 is 0 Å². The largest absolute Gasteiger partial charge is 0.463 e. The van der Waals surface area contributed by atoms with E-state index in [9.17, 15) is 4.79 Å². The van der Waals surface area contributed by atoms with Crippen molar-refractivity contribution < 1.29 is 9.53 Å². The van der Waals surface area contributed by atoms with Crippen LogP contribution < -0.4 is 4.90 Å². The number of methoxy groups -OCH3 is 1. The van der Waals surface area contributed by atoms with Crippen LogP contribution in [0.1, 0.15) is 0 Å². The number of benzene rings is 1. The van der Waals surface area contributed by atoms with Crippen LogP contribution in [0.4, 0.5) is 5.69 Å². The fourth-order valence-electron chi connectivity index (χ4n) is 1.17. The maximum atomic E-state index is 11.4. The highest BCUT2D eigenvalue weighted by Gasteiger charge is 2.18. The summed E-state index contributed by atoms with van der Waals surface area (Å²) < 4.78 is 4.55. The van der Waals surface area contributed by atoms with E-state index < -0.39 is 5.97 Å². The number of aliphatic imine (C=N–C) groups is 1. The Morgan fingerprint density at radius 2 is 2.06 bits per heavy atom. The Bertz CT molecular complexity index is 434. The van der Waals surface area contributed by atoms with Crippen molar-refractivity contribution in [2.75, 3.05) is 19.1 Å². The molecule has 0 aliphatic heterocycles. The molecule has 82 valence electrons. The zero-order valence-electron chi connectivity index (χ0n) is 9.04. The van der Waals surface area contributed by atoms with Crippen LogP contribution in [0.3, 0.4) is 0 Å². The van der Waals surface area contributed by atoms with Crippen molar-refractivity contribution in [1.29, 1.82) is 5.26 Å². The summed E-state index contributed by atoms with van der Waals surface area (Å²) >= 11 is 0. The normalized spacial score (nSPS) is 10.4. The summed E-state index contributed by atoms with van der Waals surface area (Å²) in [7, 11) is 2.89. The smallest absolute Gasteiger partial charge is 0.375 e. The SMILES string of the molecule is COC(=O)C(=NC#N)N(C)c1ccccc1. The minimum atomic E-state index is -0.645. The number of nitrogens with zero attached hydrogens (tertiary/aromatic N) is 3. The van der Waals surface area contributed by atoms with Crippen LogP contribution in [0, 0.1) is 11.5 Å². The Morgan fingerprint density at radius 3 is 2.56 bits per heavy atom. The number of rotatable bonds is 1. The van der Waals surface area contributed by atoms with Gasteiger partial charge in [-0.2, -0.15) is 5.26 Å². The maximum absolute atomic E-state index is 11.4. The van der Waals surface area contributed by atoms with E-state index in [1.165, 1.54) is 12.0 Å². The lowest BCUT2D eigenvalue weighted by Gasteiger charge is -2.18. The average Bonchev–Trinajstić information content (AvgIpc) is 2.35. The molecule has 0 saturated carbocycles. The summed E-state index contributed by atoms with van der Waals surface area (Å²) in [6.45, 7) is 0. The molecule has 0 bridgehead atoms. The second kappa shape index (κ2) is 5.51. The highest BCUT2D eigenvalue weighted by molar-refractivity contribution is 6.40. The molecular weight excluding hydrogens is 206 g/mol. The Labute approximate surface area is 93.6 Å². The Balaban J connectivity index is 3.03. The molecule has 0 atom stereocenters. The third-order valence-electron chi connectivity index (χ3n) is 1.99. The zero-order chi connectivity index (χ0) is 12.0. The first-order valence-electron chi connectivity index (χ1n) is 4.54. The molecule has 16 heavy (non-hydrogen) atoms. The number of para-hydroxylation sites is 1. The summed E-state index contributed by atoms with van der Waals surface area (Å²) in [4.78, 5) is 16.3. The van der Waals surface area contributed by atoms with Crippen molar-refractivity contribution in [2.45, 2.75) is 0 Å². The summed E-state index contributed by atoms with van der Waals surface area (Å²) in [6, 6.07) is 9.11. The predicted octanol–water partition coefficient (Wildman–Crippen LogP) is 1.18. The van der Waals surface area contributed by atoms with Gasteiger partial charge in [0, 0.05) is 12.7 Å². The molecule has 0 heterocycles. The van der Waals surface area contributed by atoms with E-state index in [4.69, 9.17) is 5.26 Å². The van der Waals surface area contributed by atoms with Gasteiger partial charge in [0.05, 0.1) is 7.11 Å². The molecule has 0 saturated heterocycles. The molecule has 1 aromatic carbocycles. The van der Waals surface area contributed by atoms with Crippen LogP contribution in [0.15, 0.2) is 35.3 Å². The molecule has 5 nitrogen and oxygen atoms in total. The van der Waals surface area contributed by atoms with Crippen molar-refractivity contribution in [1.82, 2.24) is 0 Å². The van der Waals surface area contributed by atoms with Crippen molar-refractivity contribution >= 4 is 17.5 Å². The van der Waals surface area contributed by atoms with E-state index in [0.29, 0.717) is 0 Å². The summed E-state index contributed by atoms with van der Waals surface area (Å²) in [5.41, 5.74) is 0.752. The van der Waals surface area contributed by atoms with Gasteiger partial charge in [-0.25, -0.2) is 4.79 Å². The van der Waals surface area contributed by atoms with E-state index in [1.54, 1.807) is 25.4 Å². The van der Waals surface area contributed by atoms with Gasteiger partial charge in [0.2, 0.25) is 12.0 Å². The van der Waals surface area contributed by atoms with Crippen LogP contribution in [-0.4, -0.2) is 26.0 Å². The monoisotopic (exact) mass is 217 g/mol. The second-order valence-corrected chi connectivity index (χ2v) is 2.92. The number of amidine groups is 1. The number of carbonyl (C=O) groups excluding carboxylic acids is 1. The number of carbonyl (C=O) groups is 1. The third-order valence-corrected chi connectivity index (χ3v) is 1.99. The van der Waals surface area contributed by atoms with Crippen LogP contribution in [0.25, 0.3) is 0 Å². The van der Waals surface area contributed by atoms with Crippen LogP contribution in [0.5, 0.6) is 0 Å². The number of likely N-dealkylation sites (N-methyl/N-ethyl adjacent to an activating group) is 1. The quantitative estimate of drug-likeness (QED) is 0.306. The van der Waals surface area contributed by atoms with E-state index in [2.05, 4.69) is 9.73 Å². The number of ether oxygens (including phenoxy) is 1. The van der Waals surface area contributed by atoms with Gasteiger partial charge in [-0.15, -0.1) is 4.99 Å². The fourth-order valence-corrected chi connectivity index (χ4v) is 1.17. The Hall–Kier alpha value is -2.35. The topological polar surface area (TPSA) is 65.7 Å². The van der Waals surface area contributed by atoms with Crippen molar-refractivity contribution in [2.24, 2.45) is 4.99 Å². The summed E-state index contributed by atoms with van der Waals surface area (Å²) in [5.74, 6) is -0.691. The molecule has 0 N–H and O–H groups in total. The lowest BCUT2D eigenvalue weighted by molar-refractivity contribution is -0.132. The van der Waals surface area contributed by atoms with Crippen molar-refractivity contribution in [3.05, 3.63) is 30.3 Å². The molecule has 0 aromatic heterocycles. The third kappa shape index (κ3) is 2.58. The molecule has 0 aliphatic carbocycles. The predicted molar refractivity (Wildman–Crippen MR) is 59.9 cm³/mol. The molecule has 0 unspecified atom stereocenters. The summed E-state index contributed by atoms with van der Waals surface area (Å²) in [5, 5.41) is 8.50. The van der Waals surface area contributed by atoms with Gasteiger partial charge in [-0.3, -0.25) is 0 Å². The molecule has 5 heteroatoms. The van der Waals surface area contributed by atoms with Crippen LogP contribution in [-0.2, 0) is 9.53 Å². The van der Waals surface area contributed by atoms with E-state index in [-0.39, 0.29) is 5.84 Å². The molecule has 0 fully saturated rings. The van der Waals surface area contributed by atoms with Gasteiger partial charge in [0.1, 0.15) is 0 Å². The number of anilines is 1. The molecule has 0 amide bonds. The molecule has 1 aromatic rings. The number of hydrogen-bond acceptors (Lipinski definition) is 4. The highest BCUT2D eigenvalue weighted by atomic mass is 16.5. The molecule has 0 radical (unpaired) electrons. The molecular formula is C11H11N3O2. The first-order valence-corrected chi connectivity index (χ1v) is 4.54. The maximum Gasteiger partial charge on any atom is 0.375 e. The highest BCUT2D eigenvalue weighted by Crippen LogP contribution is 2.12. The van der Waals surface area contributed by atoms with E-state index in [1.807, 2.05) is 18.2 Å². The average molecular weight is 217 g/mol. The van der Waals surface area contributed by atoms with Gasteiger partial charge < -0.3 is 9.64 Å². The van der Waals surface area contributed by atoms with Crippen molar-refractivity contribution in [3.8, 4) is 6.19 Å². The summed E-state index contributed by atoms with van der Waals surface area (Å²) in [6.07, 6.45) is 1.58. The first-order chi connectivity index (χ1) is 7.70. The first kappa shape index (κ1) is 11.7. The Kier molecular flexibility index (Phi) is 4.04. The number of esters is 1. The molecule has 0 aliphatic rings. The van der Waals surface area contributed by atoms with Gasteiger partial charge in [0.25, 0.3) is 0 Å². The lowest BCUT2D eigenvalue weighted by atomic mass is 10.3. The van der Waals surface area contributed by atoms with Gasteiger partial charge in [0.15, 0.2) is 0 Å². The Morgan fingerprint density at radius 1 is 1.44 bits per heavy atom. The number of hydrogen-bond donors (Lipinski definition) is 0. The van der Waals surface area contributed by atoms with Crippen molar-refractivity contribution in [3.63, 3.8) is 0 Å². The van der Waals surface area contributed by atoms with Crippen LogP contribution >= 0.6 is 0 Å². The van der Waals surface area contributed by atoms with Crippen LogP contribution in [0.2, 0.25) is 0 Å². The van der Waals surface area contributed by atoms with Gasteiger partial charge >= 0.3 is 5.97 Å².